The van der Waals surface area contributed by atoms with Crippen LogP contribution in [0.1, 0.15) is 31.5 Å². The zero-order valence-electron chi connectivity index (χ0n) is 11.6. The van der Waals surface area contributed by atoms with E-state index in [2.05, 4.69) is 22.4 Å². The number of ether oxygens (including phenoxy) is 1. The molecule has 1 aromatic heterocycles. The largest absolute Gasteiger partial charge is 0.375 e. The van der Waals surface area contributed by atoms with Gasteiger partial charge in [0.05, 0.1) is 6.61 Å². The first kappa shape index (κ1) is 15.3. The fourth-order valence-electron chi connectivity index (χ4n) is 2.16. The molecule has 20 heavy (non-hydrogen) atoms. The van der Waals surface area contributed by atoms with Crippen molar-refractivity contribution in [3.05, 3.63) is 11.7 Å². The Morgan fingerprint density at radius 3 is 2.90 bits per heavy atom. The first-order valence-corrected chi connectivity index (χ1v) is 7.09. The van der Waals surface area contributed by atoms with Gasteiger partial charge in [0.15, 0.2) is 5.82 Å². The Morgan fingerprint density at radius 2 is 2.25 bits per heavy atom. The van der Waals surface area contributed by atoms with Crippen LogP contribution in [0.3, 0.4) is 0 Å². The molecule has 7 heteroatoms. The standard InChI is InChI=1S/C13H21F2N3O2/c1-2-16-10(9-3-4-9)7-13-17-12(18-20-13)5-6-19-8-11(14)15/h9-11,16H,2-8H2,1H3. The predicted octanol–water partition coefficient (Wildman–Crippen LogP) is 1.82. The quantitative estimate of drug-likeness (QED) is 0.666. The molecule has 2 rings (SSSR count). The topological polar surface area (TPSA) is 60.2 Å². The van der Waals surface area contributed by atoms with E-state index < -0.39 is 13.0 Å². The van der Waals surface area contributed by atoms with Crippen molar-refractivity contribution >= 4 is 0 Å². The summed E-state index contributed by atoms with van der Waals surface area (Å²) in [5.41, 5.74) is 0. The van der Waals surface area contributed by atoms with Crippen molar-refractivity contribution in [2.45, 2.75) is 45.1 Å². The normalized spacial score (nSPS) is 16.8. The van der Waals surface area contributed by atoms with Crippen molar-refractivity contribution in [2.75, 3.05) is 19.8 Å². The molecule has 0 spiro atoms. The number of hydrogen-bond acceptors (Lipinski definition) is 5. The summed E-state index contributed by atoms with van der Waals surface area (Å²) >= 11 is 0. The molecule has 1 fully saturated rings. The van der Waals surface area contributed by atoms with Crippen LogP contribution in [0.2, 0.25) is 0 Å². The van der Waals surface area contributed by atoms with E-state index in [-0.39, 0.29) is 6.61 Å². The third-order valence-electron chi connectivity index (χ3n) is 3.28. The summed E-state index contributed by atoms with van der Waals surface area (Å²) in [6.07, 6.45) is 1.19. The molecule has 1 aliphatic carbocycles. The van der Waals surface area contributed by atoms with Crippen LogP contribution in [0.4, 0.5) is 8.78 Å². The summed E-state index contributed by atoms with van der Waals surface area (Å²) in [6, 6.07) is 0.392. The van der Waals surface area contributed by atoms with Crippen LogP contribution in [0.5, 0.6) is 0 Å². The second-order valence-corrected chi connectivity index (χ2v) is 5.03. The van der Waals surface area contributed by atoms with Gasteiger partial charge in [0, 0.05) is 18.9 Å². The molecule has 0 saturated heterocycles. The van der Waals surface area contributed by atoms with Crippen molar-refractivity contribution in [3.8, 4) is 0 Å². The fraction of sp³-hybridized carbons (Fsp3) is 0.846. The molecule has 1 N–H and O–H groups in total. The first-order chi connectivity index (χ1) is 9.69. The predicted molar refractivity (Wildman–Crippen MR) is 68.7 cm³/mol. The number of hydrogen-bond donors (Lipinski definition) is 1. The molecule has 1 unspecified atom stereocenters. The molecule has 0 bridgehead atoms. The third-order valence-corrected chi connectivity index (χ3v) is 3.28. The first-order valence-electron chi connectivity index (χ1n) is 7.09. The van der Waals surface area contributed by atoms with Gasteiger partial charge in [0.25, 0.3) is 6.43 Å². The van der Waals surface area contributed by atoms with Gasteiger partial charge in [-0.15, -0.1) is 0 Å². The number of nitrogens with zero attached hydrogens (tertiary/aromatic N) is 2. The van der Waals surface area contributed by atoms with E-state index in [9.17, 15) is 8.78 Å². The fourth-order valence-corrected chi connectivity index (χ4v) is 2.16. The van der Waals surface area contributed by atoms with E-state index in [4.69, 9.17) is 9.26 Å². The number of rotatable bonds is 10. The summed E-state index contributed by atoms with van der Waals surface area (Å²) in [6.45, 7) is 2.63. The van der Waals surface area contributed by atoms with Crippen LogP contribution in [0, 0.1) is 5.92 Å². The minimum absolute atomic E-state index is 0.183. The molecule has 114 valence electrons. The summed E-state index contributed by atoms with van der Waals surface area (Å²) in [5.74, 6) is 1.83. The van der Waals surface area contributed by atoms with Crippen LogP contribution in [-0.2, 0) is 17.6 Å². The highest BCUT2D eigenvalue weighted by molar-refractivity contribution is 4.95. The van der Waals surface area contributed by atoms with Gasteiger partial charge in [0.2, 0.25) is 5.89 Å². The maximum Gasteiger partial charge on any atom is 0.261 e. The van der Waals surface area contributed by atoms with Crippen LogP contribution >= 0.6 is 0 Å². The molecular weight excluding hydrogens is 268 g/mol. The minimum Gasteiger partial charge on any atom is -0.375 e. The van der Waals surface area contributed by atoms with E-state index in [1.807, 2.05) is 0 Å². The molecule has 1 atom stereocenters. The van der Waals surface area contributed by atoms with Gasteiger partial charge in [-0.1, -0.05) is 12.1 Å². The molecule has 1 aromatic rings. The van der Waals surface area contributed by atoms with Gasteiger partial charge >= 0.3 is 0 Å². The zero-order chi connectivity index (χ0) is 14.4. The maximum atomic E-state index is 11.9. The Labute approximate surface area is 117 Å². The number of likely N-dealkylation sites (N-methyl/N-ethyl adjacent to an activating group) is 1. The van der Waals surface area contributed by atoms with Gasteiger partial charge in [-0.3, -0.25) is 0 Å². The number of aromatic nitrogens is 2. The highest BCUT2D eigenvalue weighted by atomic mass is 19.3. The Morgan fingerprint density at radius 1 is 1.45 bits per heavy atom. The van der Waals surface area contributed by atoms with Crippen molar-refractivity contribution in [3.63, 3.8) is 0 Å². The summed E-state index contributed by atoms with van der Waals surface area (Å²) < 4.78 is 33.7. The van der Waals surface area contributed by atoms with Crippen molar-refractivity contribution in [1.29, 1.82) is 0 Å². The number of alkyl halides is 2. The van der Waals surface area contributed by atoms with Gasteiger partial charge < -0.3 is 14.6 Å². The second-order valence-electron chi connectivity index (χ2n) is 5.03. The summed E-state index contributed by atoms with van der Waals surface area (Å²) in [4.78, 5) is 4.27. The smallest absolute Gasteiger partial charge is 0.261 e. The Hall–Kier alpha value is -1.08. The van der Waals surface area contributed by atoms with Crippen molar-refractivity contribution in [2.24, 2.45) is 5.92 Å². The minimum atomic E-state index is -2.43. The average molecular weight is 289 g/mol. The lowest BCUT2D eigenvalue weighted by Crippen LogP contribution is -2.33. The second kappa shape index (κ2) is 7.64. The van der Waals surface area contributed by atoms with E-state index in [0.29, 0.717) is 30.1 Å². The van der Waals surface area contributed by atoms with E-state index in [0.717, 1.165) is 13.0 Å². The molecule has 0 amide bonds. The van der Waals surface area contributed by atoms with Crippen molar-refractivity contribution < 1.29 is 18.0 Å². The highest BCUT2D eigenvalue weighted by Crippen LogP contribution is 2.33. The molecule has 1 aliphatic rings. The van der Waals surface area contributed by atoms with E-state index in [1.165, 1.54) is 12.8 Å². The summed E-state index contributed by atoms with van der Waals surface area (Å²) in [7, 11) is 0. The van der Waals surface area contributed by atoms with E-state index >= 15 is 0 Å². The third kappa shape index (κ3) is 5.13. The average Bonchev–Trinajstić information content (AvgIpc) is 3.16. The molecule has 0 aromatic carbocycles. The van der Waals surface area contributed by atoms with Gasteiger partial charge in [-0.05, 0) is 25.3 Å². The lowest BCUT2D eigenvalue weighted by Gasteiger charge is -2.14. The monoisotopic (exact) mass is 289 g/mol. The van der Waals surface area contributed by atoms with Gasteiger partial charge in [-0.2, -0.15) is 4.98 Å². The lowest BCUT2D eigenvalue weighted by atomic mass is 10.1. The maximum absolute atomic E-state index is 11.9. The molecule has 1 heterocycles. The van der Waals surface area contributed by atoms with Gasteiger partial charge in [0.1, 0.15) is 6.61 Å². The SMILES string of the molecule is CCNC(Cc1nc(CCOCC(F)F)no1)C1CC1. The molecule has 0 radical (unpaired) electrons. The van der Waals surface area contributed by atoms with Crippen molar-refractivity contribution in [1.82, 2.24) is 15.5 Å². The highest BCUT2D eigenvalue weighted by Gasteiger charge is 2.31. The van der Waals surface area contributed by atoms with Crippen LogP contribution in [-0.4, -0.2) is 42.4 Å². The lowest BCUT2D eigenvalue weighted by molar-refractivity contribution is 0.0182. The van der Waals surface area contributed by atoms with E-state index in [1.54, 1.807) is 0 Å². The Kier molecular flexibility index (Phi) is 5.85. The summed E-state index contributed by atoms with van der Waals surface area (Å²) in [5, 5.41) is 7.28. The molecule has 0 aliphatic heterocycles. The Bertz CT molecular complexity index is 397. The van der Waals surface area contributed by atoms with Crippen LogP contribution in [0.25, 0.3) is 0 Å². The van der Waals surface area contributed by atoms with Crippen LogP contribution in [0.15, 0.2) is 4.52 Å². The Balaban J connectivity index is 1.73. The molecule has 1 saturated carbocycles. The molecule has 5 nitrogen and oxygen atoms in total. The molecular formula is C13H21F2N3O2. The number of halogens is 2. The zero-order valence-corrected chi connectivity index (χ0v) is 11.6. The number of nitrogens with one attached hydrogen (secondary N) is 1. The van der Waals surface area contributed by atoms with Gasteiger partial charge in [-0.25, -0.2) is 8.78 Å². The van der Waals surface area contributed by atoms with Crippen LogP contribution < -0.4 is 5.32 Å².